The smallest absolute Gasteiger partial charge is 0.405 e. The van der Waals surface area contributed by atoms with Gasteiger partial charge in [0, 0.05) is 24.3 Å². The Morgan fingerprint density at radius 3 is 2.58 bits per heavy atom. The fourth-order valence-corrected chi connectivity index (χ4v) is 3.40. The fourth-order valence-electron chi connectivity index (χ4n) is 2.87. The minimum atomic E-state index is -4.95. The number of halogens is 4. The minimum absolute atomic E-state index is 0.122. The van der Waals surface area contributed by atoms with Gasteiger partial charge in [0.1, 0.15) is 11.6 Å². The number of anilines is 1. The molecule has 2 aromatic carbocycles. The van der Waals surface area contributed by atoms with Crippen molar-refractivity contribution in [3.8, 4) is 5.75 Å². The van der Waals surface area contributed by atoms with E-state index in [-0.39, 0.29) is 17.0 Å². The maximum Gasteiger partial charge on any atom is 0.573 e. The Hall–Kier alpha value is -2.33. The molecule has 0 fully saturated rings. The van der Waals surface area contributed by atoms with Crippen LogP contribution in [-0.2, 0) is 23.0 Å². The Balaban J connectivity index is 1.96. The topological polar surface area (TPSA) is 72.6 Å². The highest BCUT2D eigenvalue weighted by atomic mass is 32.2. The first-order valence-corrected chi connectivity index (χ1v) is 9.03. The van der Waals surface area contributed by atoms with Crippen LogP contribution in [0.1, 0.15) is 11.1 Å². The van der Waals surface area contributed by atoms with Gasteiger partial charge in [-0.15, -0.1) is 13.2 Å². The van der Waals surface area contributed by atoms with Crippen LogP contribution in [0.4, 0.5) is 23.2 Å². The van der Waals surface area contributed by atoms with Crippen LogP contribution in [0.5, 0.6) is 5.75 Å². The minimum Gasteiger partial charge on any atom is -0.405 e. The van der Waals surface area contributed by atoms with Gasteiger partial charge in [0.2, 0.25) is 10.0 Å². The molecule has 0 atom stereocenters. The molecule has 1 aliphatic rings. The average molecular weight is 390 g/mol. The first kappa shape index (κ1) is 18.5. The molecule has 10 heteroatoms. The van der Waals surface area contributed by atoms with Crippen LogP contribution >= 0.6 is 0 Å². The summed E-state index contributed by atoms with van der Waals surface area (Å²) in [5.41, 5.74) is 1.02. The number of nitrogens with zero attached hydrogens (tertiary/aromatic N) is 1. The summed E-state index contributed by atoms with van der Waals surface area (Å²) in [6, 6.07) is 7.47. The Morgan fingerprint density at radius 1 is 1.19 bits per heavy atom. The predicted octanol–water partition coefficient (Wildman–Crippen LogP) is 2.93. The Morgan fingerprint density at radius 2 is 1.92 bits per heavy atom. The number of hydrogen-bond donors (Lipinski definition) is 1. The monoisotopic (exact) mass is 390 g/mol. The fraction of sp³-hybridized carbons (Fsp3) is 0.250. The van der Waals surface area contributed by atoms with E-state index in [2.05, 4.69) is 4.74 Å². The van der Waals surface area contributed by atoms with Gasteiger partial charge in [0.05, 0.1) is 4.90 Å². The molecule has 140 valence electrons. The van der Waals surface area contributed by atoms with Crippen LogP contribution < -0.4 is 14.8 Å². The summed E-state index contributed by atoms with van der Waals surface area (Å²) in [5, 5.41) is 5.12. The first-order chi connectivity index (χ1) is 12.0. The molecule has 0 radical (unpaired) electrons. The third-order valence-electron chi connectivity index (χ3n) is 4.03. The second-order valence-corrected chi connectivity index (χ2v) is 7.33. The lowest BCUT2D eigenvalue weighted by Gasteiger charge is -2.22. The van der Waals surface area contributed by atoms with Gasteiger partial charge in [-0.2, -0.15) is 0 Å². The molecular weight excluding hydrogens is 376 g/mol. The molecule has 0 saturated heterocycles. The van der Waals surface area contributed by atoms with Crippen molar-refractivity contribution in [3.63, 3.8) is 0 Å². The molecule has 5 nitrogen and oxygen atoms in total. The van der Waals surface area contributed by atoms with Gasteiger partial charge in [-0.05, 0) is 36.2 Å². The Labute approximate surface area is 147 Å². The highest BCUT2D eigenvalue weighted by molar-refractivity contribution is 7.89. The zero-order valence-corrected chi connectivity index (χ0v) is 14.1. The molecule has 26 heavy (non-hydrogen) atoms. The van der Waals surface area contributed by atoms with Crippen molar-refractivity contribution in [2.45, 2.75) is 24.2 Å². The van der Waals surface area contributed by atoms with Crippen molar-refractivity contribution in [2.24, 2.45) is 5.14 Å². The molecule has 2 N–H and O–H groups in total. The summed E-state index contributed by atoms with van der Waals surface area (Å²) in [7, 11) is -3.94. The first-order valence-electron chi connectivity index (χ1n) is 7.48. The summed E-state index contributed by atoms with van der Waals surface area (Å²) >= 11 is 0. The molecule has 1 heterocycles. The molecule has 3 rings (SSSR count). The van der Waals surface area contributed by atoms with Crippen molar-refractivity contribution in [1.82, 2.24) is 0 Å². The molecule has 0 aromatic heterocycles. The normalized spacial score (nSPS) is 14.4. The van der Waals surface area contributed by atoms with Crippen LogP contribution in [0, 0.1) is 5.82 Å². The van der Waals surface area contributed by atoms with Crippen molar-refractivity contribution in [3.05, 3.63) is 53.3 Å². The van der Waals surface area contributed by atoms with Crippen LogP contribution in [0.3, 0.4) is 0 Å². The zero-order valence-electron chi connectivity index (χ0n) is 13.3. The number of ether oxygens (including phenoxy) is 1. The molecule has 0 saturated carbocycles. The number of hydrogen-bond acceptors (Lipinski definition) is 4. The average Bonchev–Trinajstić information content (AvgIpc) is 2.91. The maximum atomic E-state index is 14.1. The number of sulfonamides is 1. The van der Waals surface area contributed by atoms with Crippen molar-refractivity contribution >= 4 is 15.7 Å². The number of rotatable bonds is 4. The van der Waals surface area contributed by atoms with Gasteiger partial charge in [0.15, 0.2) is 0 Å². The third-order valence-corrected chi connectivity index (χ3v) is 4.94. The number of primary sulfonamides is 1. The number of alkyl halides is 3. The number of fused-ring (bicyclic) bond motifs is 1. The molecular formula is C16H14F4N2O3S. The Kier molecular flexibility index (Phi) is 4.57. The van der Waals surface area contributed by atoms with E-state index in [1.165, 1.54) is 12.1 Å². The number of benzene rings is 2. The lowest BCUT2D eigenvalue weighted by molar-refractivity contribution is -0.275. The van der Waals surface area contributed by atoms with Crippen LogP contribution in [0.15, 0.2) is 41.3 Å². The molecule has 1 aliphatic heterocycles. The number of nitrogens with two attached hydrogens (primary N) is 1. The van der Waals surface area contributed by atoms with E-state index in [4.69, 9.17) is 5.14 Å². The standard InChI is InChI=1S/C16H14F4N2O3S/c17-13-2-1-3-15(25-16(18,19)20)12(13)9-22-7-6-10-4-5-11(8-14(10)22)26(21,23)24/h1-5,8H,6-7,9H2,(H2,21,23,24). The lowest BCUT2D eigenvalue weighted by Crippen LogP contribution is -2.24. The second kappa shape index (κ2) is 6.44. The largest absolute Gasteiger partial charge is 0.573 e. The molecule has 0 bridgehead atoms. The maximum absolute atomic E-state index is 14.1. The van der Waals surface area contributed by atoms with Gasteiger partial charge in [0.25, 0.3) is 0 Å². The lowest BCUT2D eigenvalue weighted by atomic mass is 10.1. The van der Waals surface area contributed by atoms with E-state index in [0.29, 0.717) is 18.7 Å². The summed E-state index contributed by atoms with van der Waals surface area (Å²) in [6.45, 7) is 0.183. The van der Waals surface area contributed by atoms with Crippen molar-refractivity contribution in [1.29, 1.82) is 0 Å². The molecule has 0 aliphatic carbocycles. The zero-order chi connectivity index (χ0) is 19.1. The summed E-state index contributed by atoms with van der Waals surface area (Å²) in [4.78, 5) is 1.47. The van der Waals surface area contributed by atoms with E-state index < -0.39 is 28.0 Å². The highest BCUT2D eigenvalue weighted by Crippen LogP contribution is 2.35. The van der Waals surface area contributed by atoms with Gasteiger partial charge in [-0.1, -0.05) is 12.1 Å². The van der Waals surface area contributed by atoms with Crippen molar-refractivity contribution in [2.75, 3.05) is 11.4 Å². The quantitative estimate of drug-likeness (QED) is 0.815. The van der Waals surface area contributed by atoms with Gasteiger partial charge in [-0.25, -0.2) is 17.9 Å². The molecule has 2 aromatic rings. The third kappa shape index (κ3) is 3.91. The second-order valence-electron chi connectivity index (χ2n) is 5.77. The summed E-state index contributed by atoms with van der Waals surface area (Å²) in [5.74, 6) is -1.48. The van der Waals surface area contributed by atoms with E-state index >= 15 is 0 Å². The van der Waals surface area contributed by atoms with Gasteiger partial charge >= 0.3 is 6.36 Å². The highest BCUT2D eigenvalue weighted by Gasteiger charge is 2.33. The molecule has 0 amide bonds. The van der Waals surface area contributed by atoms with Crippen LogP contribution in [0.25, 0.3) is 0 Å². The van der Waals surface area contributed by atoms with Crippen LogP contribution in [0.2, 0.25) is 0 Å². The van der Waals surface area contributed by atoms with E-state index in [1.54, 1.807) is 11.0 Å². The summed E-state index contributed by atoms with van der Waals surface area (Å²) in [6.07, 6.45) is -4.41. The van der Waals surface area contributed by atoms with Gasteiger partial charge in [-0.3, -0.25) is 0 Å². The van der Waals surface area contributed by atoms with E-state index in [0.717, 1.165) is 23.8 Å². The van der Waals surface area contributed by atoms with E-state index in [9.17, 15) is 26.0 Å². The van der Waals surface area contributed by atoms with Crippen LogP contribution in [-0.4, -0.2) is 21.3 Å². The van der Waals surface area contributed by atoms with E-state index in [1.807, 2.05) is 0 Å². The van der Waals surface area contributed by atoms with Crippen molar-refractivity contribution < 1.29 is 30.7 Å². The predicted molar refractivity (Wildman–Crippen MR) is 85.7 cm³/mol. The SMILES string of the molecule is NS(=O)(=O)c1ccc2c(c1)N(Cc1c(F)cccc1OC(F)(F)F)CC2. The van der Waals surface area contributed by atoms with Gasteiger partial charge < -0.3 is 9.64 Å². The molecule has 0 unspecified atom stereocenters. The Bertz CT molecular complexity index is 945. The molecule has 0 spiro atoms. The summed E-state index contributed by atoms with van der Waals surface area (Å²) < 4.78 is 78.7.